The van der Waals surface area contributed by atoms with Gasteiger partial charge in [-0.3, -0.25) is 9.59 Å². The van der Waals surface area contributed by atoms with E-state index in [0.717, 1.165) is 12.1 Å². The number of benzene rings is 2. The first kappa shape index (κ1) is 21.4. The fourth-order valence-electron chi connectivity index (χ4n) is 4.29. The Kier molecular flexibility index (Phi) is 5.08. The fourth-order valence-corrected chi connectivity index (χ4v) is 4.29. The van der Waals surface area contributed by atoms with Gasteiger partial charge in [-0.2, -0.15) is 13.2 Å². The summed E-state index contributed by atoms with van der Waals surface area (Å²) in [7, 11) is 0. The van der Waals surface area contributed by atoms with Crippen LogP contribution in [0, 0.1) is 0 Å². The molecule has 31 heavy (non-hydrogen) atoms. The molecule has 0 unspecified atom stereocenters. The van der Waals surface area contributed by atoms with Gasteiger partial charge in [-0.05, 0) is 44.5 Å². The average Bonchev–Trinajstić information content (AvgIpc) is 3.13. The van der Waals surface area contributed by atoms with Crippen LogP contribution in [-0.4, -0.2) is 39.9 Å². The second-order valence-corrected chi connectivity index (χ2v) is 8.41. The molecule has 2 atom stereocenters. The van der Waals surface area contributed by atoms with Crippen LogP contribution in [0.3, 0.4) is 0 Å². The Morgan fingerprint density at radius 3 is 2.55 bits per heavy atom. The number of fused-ring (bicyclic) bond motifs is 1. The Bertz CT molecular complexity index is 1050. The van der Waals surface area contributed by atoms with Crippen LogP contribution in [0.2, 0.25) is 0 Å². The number of ether oxygens (including phenoxy) is 1. The largest absolute Gasteiger partial charge is 0.485 e. The highest BCUT2D eigenvalue weighted by molar-refractivity contribution is 6.10. The summed E-state index contributed by atoms with van der Waals surface area (Å²) in [5, 5.41) is 11.0. The van der Waals surface area contributed by atoms with Crippen LogP contribution < -0.4 is 4.74 Å². The minimum atomic E-state index is -4.67. The molecule has 1 amide bonds. The molecule has 0 bridgehead atoms. The number of carbonyl (C=O) groups excluding carboxylic acids is 2. The Morgan fingerprint density at radius 2 is 1.90 bits per heavy atom. The summed E-state index contributed by atoms with van der Waals surface area (Å²) in [6, 6.07) is 8.22. The Hall–Kier alpha value is -2.87. The molecule has 2 aromatic rings. The molecule has 1 N–H and O–H groups in total. The predicted octanol–water partition coefficient (Wildman–Crippen LogP) is 4.13. The van der Waals surface area contributed by atoms with Crippen LogP contribution in [0.1, 0.15) is 59.8 Å². The van der Waals surface area contributed by atoms with Crippen LogP contribution in [-0.2, 0) is 11.0 Å². The summed E-state index contributed by atoms with van der Waals surface area (Å²) in [6.07, 6.45) is -4.74. The smallest absolute Gasteiger partial charge is 0.417 e. The van der Waals surface area contributed by atoms with E-state index in [-0.39, 0.29) is 11.5 Å². The molecular weight excluding hydrogens is 411 g/mol. The minimum Gasteiger partial charge on any atom is -0.485 e. The second kappa shape index (κ2) is 7.37. The van der Waals surface area contributed by atoms with E-state index in [1.165, 1.54) is 30.3 Å². The van der Waals surface area contributed by atoms with E-state index in [4.69, 9.17) is 4.74 Å². The molecular formula is C23H22F3NO4. The lowest BCUT2D eigenvalue weighted by molar-refractivity contribution is -0.140. The van der Waals surface area contributed by atoms with Crippen molar-refractivity contribution in [3.8, 4) is 5.75 Å². The zero-order valence-electron chi connectivity index (χ0n) is 17.1. The Balaban J connectivity index is 1.80. The van der Waals surface area contributed by atoms with Crippen molar-refractivity contribution in [3.63, 3.8) is 0 Å². The van der Waals surface area contributed by atoms with Gasteiger partial charge in [-0.25, -0.2) is 0 Å². The summed E-state index contributed by atoms with van der Waals surface area (Å²) in [5.74, 6) is -0.519. The first-order valence-corrected chi connectivity index (χ1v) is 10.0. The number of aliphatic hydroxyl groups excluding tert-OH is 1. The van der Waals surface area contributed by atoms with Gasteiger partial charge in [0.1, 0.15) is 17.5 Å². The van der Waals surface area contributed by atoms with Crippen LogP contribution in [0.5, 0.6) is 5.75 Å². The van der Waals surface area contributed by atoms with Gasteiger partial charge >= 0.3 is 6.18 Å². The molecule has 4 rings (SSSR count). The summed E-state index contributed by atoms with van der Waals surface area (Å²) in [6.45, 7) is 3.85. The number of amides is 1. The maximum absolute atomic E-state index is 13.4. The topological polar surface area (TPSA) is 66.8 Å². The normalized spacial score (nSPS) is 22.8. The molecule has 1 fully saturated rings. The zero-order valence-corrected chi connectivity index (χ0v) is 17.1. The summed E-state index contributed by atoms with van der Waals surface area (Å²) < 4.78 is 46.1. The molecule has 2 aromatic carbocycles. The second-order valence-electron chi connectivity index (χ2n) is 8.41. The highest BCUT2D eigenvalue weighted by Gasteiger charge is 2.47. The number of nitrogens with zero attached hydrogens (tertiary/aromatic N) is 1. The molecule has 1 saturated heterocycles. The van der Waals surface area contributed by atoms with E-state index in [9.17, 15) is 27.9 Å². The van der Waals surface area contributed by atoms with Crippen molar-refractivity contribution in [3.05, 3.63) is 64.7 Å². The lowest BCUT2D eigenvalue weighted by Crippen LogP contribution is -2.53. The zero-order chi connectivity index (χ0) is 22.6. The van der Waals surface area contributed by atoms with Crippen molar-refractivity contribution in [2.75, 3.05) is 6.54 Å². The van der Waals surface area contributed by atoms with E-state index in [1.54, 1.807) is 18.7 Å². The van der Waals surface area contributed by atoms with Crippen molar-refractivity contribution in [1.82, 2.24) is 4.90 Å². The monoisotopic (exact) mass is 433 g/mol. The van der Waals surface area contributed by atoms with E-state index >= 15 is 0 Å². The maximum Gasteiger partial charge on any atom is 0.417 e. The molecule has 2 heterocycles. The number of hydrogen-bond acceptors (Lipinski definition) is 4. The molecule has 2 aliphatic heterocycles. The van der Waals surface area contributed by atoms with Gasteiger partial charge < -0.3 is 14.7 Å². The van der Waals surface area contributed by atoms with E-state index in [0.29, 0.717) is 30.7 Å². The Morgan fingerprint density at radius 1 is 1.19 bits per heavy atom. The quantitative estimate of drug-likeness (QED) is 0.740. The highest BCUT2D eigenvalue weighted by atomic mass is 19.4. The van der Waals surface area contributed by atoms with Crippen molar-refractivity contribution in [2.24, 2.45) is 0 Å². The summed E-state index contributed by atoms with van der Waals surface area (Å²) in [4.78, 5) is 27.0. The Labute approximate surface area is 177 Å². The van der Waals surface area contributed by atoms with E-state index in [2.05, 4.69) is 0 Å². The summed E-state index contributed by atoms with van der Waals surface area (Å²) in [5.41, 5.74) is -2.02. The average molecular weight is 433 g/mol. The van der Waals surface area contributed by atoms with Gasteiger partial charge in [0, 0.05) is 29.7 Å². The van der Waals surface area contributed by atoms with E-state index < -0.39 is 40.8 Å². The third-order valence-corrected chi connectivity index (χ3v) is 5.90. The molecule has 0 saturated carbocycles. The molecule has 0 aliphatic carbocycles. The van der Waals surface area contributed by atoms with Crippen molar-refractivity contribution in [1.29, 1.82) is 0 Å². The third kappa shape index (κ3) is 3.69. The third-order valence-electron chi connectivity index (χ3n) is 5.90. The summed E-state index contributed by atoms with van der Waals surface area (Å²) >= 11 is 0. The number of rotatable bonds is 3. The van der Waals surface area contributed by atoms with Crippen LogP contribution in [0.15, 0.2) is 42.5 Å². The highest BCUT2D eigenvalue weighted by Crippen LogP contribution is 2.45. The standard InChI is InChI=1S/C23H22F3NO4/c1-22(2)21(30)19(27-11-5-8-18(27)28)15-12-13(9-10-17(15)31-22)20(29)14-6-3-4-7-16(14)23(24,25)26/h3-4,6-7,9-10,12,19,21,30H,5,8,11H2,1-2H3/t19-,21+/m0/s1. The maximum atomic E-state index is 13.4. The number of aliphatic hydroxyl groups is 1. The van der Waals surface area contributed by atoms with Gasteiger partial charge in [0.15, 0.2) is 5.78 Å². The van der Waals surface area contributed by atoms with Gasteiger partial charge in [-0.15, -0.1) is 0 Å². The predicted molar refractivity (Wildman–Crippen MR) is 106 cm³/mol. The molecule has 5 nitrogen and oxygen atoms in total. The van der Waals surface area contributed by atoms with Crippen LogP contribution >= 0.6 is 0 Å². The number of halogens is 3. The van der Waals surface area contributed by atoms with Crippen molar-refractivity contribution < 1.29 is 32.6 Å². The molecule has 164 valence electrons. The number of alkyl halides is 3. The number of carbonyl (C=O) groups is 2. The van der Waals surface area contributed by atoms with Gasteiger partial charge in [-0.1, -0.05) is 18.2 Å². The molecule has 0 aromatic heterocycles. The first-order valence-electron chi connectivity index (χ1n) is 10.0. The number of hydrogen-bond donors (Lipinski definition) is 1. The van der Waals surface area contributed by atoms with Gasteiger partial charge in [0.25, 0.3) is 0 Å². The first-order chi connectivity index (χ1) is 14.5. The fraction of sp³-hybridized carbons (Fsp3) is 0.391. The van der Waals surface area contributed by atoms with Crippen molar-refractivity contribution >= 4 is 11.7 Å². The van der Waals surface area contributed by atoms with Crippen LogP contribution in [0.4, 0.5) is 13.2 Å². The SMILES string of the molecule is CC1(C)Oc2ccc(C(=O)c3ccccc3C(F)(F)F)cc2[C@H](N2CCCC2=O)[C@H]1O. The lowest BCUT2D eigenvalue weighted by Gasteiger charge is -2.45. The van der Waals surface area contributed by atoms with E-state index in [1.807, 2.05) is 0 Å². The van der Waals surface area contributed by atoms with Crippen LogP contribution in [0.25, 0.3) is 0 Å². The molecule has 2 aliphatic rings. The molecule has 0 radical (unpaired) electrons. The van der Waals surface area contributed by atoms with Crippen molar-refractivity contribution in [2.45, 2.75) is 50.6 Å². The molecule has 0 spiro atoms. The molecule has 8 heteroatoms. The van der Waals surface area contributed by atoms with Gasteiger partial charge in [0.2, 0.25) is 5.91 Å². The number of likely N-dealkylation sites (tertiary alicyclic amines) is 1. The minimum absolute atomic E-state index is 0.0302. The lowest BCUT2D eigenvalue weighted by atomic mass is 9.84. The van der Waals surface area contributed by atoms with Gasteiger partial charge in [0.05, 0.1) is 11.6 Å². The number of ketones is 1.